The molecule has 3 heterocycles. The first-order valence-corrected chi connectivity index (χ1v) is 19.4. The van der Waals surface area contributed by atoms with Gasteiger partial charge in [-0.05, 0) is 42.2 Å². The second kappa shape index (κ2) is 14.2. The van der Waals surface area contributed by atoms with Crippen LogP contribution < -0.4 is 9.75 Å². The predicted molar refractivity (Wildman–Crippen MR) is 228 cm³/mol. The van der Waals surface area contributed by atoms with E-state index < -0.39 is 0 Å². The molecule has 0 radical (unpaired) electrons. The molecular formula is C50H34N4S. The van der Waals surface area contributed by atoms with E-state index in [1.807, 2.05) is 41.7 Å². The van der Waals surface area contributed by atoms with E-state index in [1.54, 1.807) is 0 Å². The van der Waals surface area contributed by atoms with Crippen LogP contribution in [0, 0.1) is 0 Å². The van der Waals surface area contributed by atoms with Crippen molar-refractivity contribution in [3.05, 3.63) is 192 Å². The van der Waals surface area contributed by atoms with Crippen molar-refractivity contribution in [1.29, 1.82) is 0 Å². The number of hydrogen-bond acceptors (Lipinski definition) is 5. The molecule has 0 unspecified atom stereocenters. The maximum atomic E-state index is 5.31. The van der Waals surface area contributed by atoms with Crippen LogP contribution in [0.4, 0.5) is 0 Å². The molecule has 9 aromatic rings. The number of aromatic nitrogens is 4. The van der Waals surface area contributed by atoms with Crippen molar-refractivity contribution >= 4 is 33.1 Å². The van der Waals surface area contributed by atoms with E-state index in [1.165, 1.54) is 36.5 Å². The minimum atomic E-state index is 0.715. The summed E-state index contributed by atoms with van der Waals surface area (Å²) < 4.78 is 2.49. The monoisotopic (exact) mass is 722 g/mol. The minimum absolute atomic E-state index is 0.715. The lowest BCUT2D eigenvalue weighted by atomic mass is 9.98. The molecule has 5 heteroatoms. The van der Waals surface area contributed by atoms with E-state index in [4.69, 9.17) is 19.9 Å². The fraction of sp³-hybridized carbons (Fsp3) is 0.0400. The molecule has 0 spiro atoms. The van der Waals surface area contributed by atoms with Gasteiger partial charge in [-0.2, -0.15) is 0 Å². The van der Waals surface area contributed by atoms with Gasteiger partial charge in [0.25, 0.3) is 0 Å². The Morgan fingerprint density at radius 2 is 0.818 bits per heavy atom. The minimum Gasteiger partial charge on any atom is -0.228 e. The lowest BCUT2D eigenvalue weighted by Gasteiger charge is -2.13. The highest BCUT2D eigenvalue weighted by Crippen LogP contribution is 2.32. The van der Waals surface area contributed by atoms with Crippen molar-refractivity contribution in [3.63, 3.8) is 0 Å². The molecule has 0 amide bonds. The maximum absolute atomic E-state index is 5.31. The van der Waals surface area contributed by atoms with Crippen LogP contribution in [0.25, 0.3) is 89.3 Å². The summed E-state index contributed by atoms with van der Waals surface area (Å²) in [5.41, 5.74) is 12.5. The average Bonchev–Trinajstić information content (AvgIpc) is 3.66. The zero-order chi connectivity index (χ0) is 36.6. The zero-order valence-corrected chi connectivity index (χ0v) is 30.7. The smallest absolute Gasteiger partial charge is 0.160 e. The third-order valence-electron chi connectivity index (χ3n) is 10.2. The first-order chi connectivity index (χ1) is 27.2. The second-order valence-corrected chi connectivity index (χ2v) is 14.8. The summed E-state index contributed by atoms with van der Waals surface area (Å²) in [4.78, 5) is 20.7. The van der Waals surface area contributed by atoms with Crippen molar-refractivity contribution < 1.29 is 0 Å². The molecule has 0 saturated carbocycles. The Kier molecular flexibility index (Phi) is 8.47. The van der Waals surface area contributed by atoms with Gasteiger partial charge in [0.1, 0.15) is 0 Å². The number of rotatable bonds is 7. The SMILES string of the molecule is C1=c2sc3cc(-c4cc(-c5ccccc5)nc(-c5ccccc5)n4)ccc3c2=C(c2nc(-c3ccccc3)cc(-c3ccc(-c4ccccc4)cc3)n2)CC1. The van der Waals surface area contributed by atoms with Crippen LogP contribution in [0.3, 0.4) is 0 Å². The molecule has 260 valence electrons. The molecule has 1 aliphatic carbocycles. The van der Waals surface area contributed by atoms with Crippen LogP contribution in [0.15, 0.2) is 176 Å². The molecule has 4 nitrogen and oxygen atoms in total. The maximum Gasteiger partial charge on any atom is 0.160 e. The quantitative estimate of drug-likeness (QED) is 0.164. The van der Waals surface area contributed by atoms with Crippen molar-refractivity contribution in [1.82, 2.24) is 19.9 Å². The molecule has 0 atom stereocenters. The topological polar surface area (TPSA) is 51.6 Å². The van der Waals surface area contributed by atoms with Crippen LogP contribution >= 0.6 is 11.3 Å². The highest BCUT2D eigenvalue weighted by atomic mass is 32.1. The molecule has 1 aliphatic rings. The summed E-state index contributed by atoms with van der Waals surface area (Å²) in [5.74, 6) is 1.50. The van der Waals surface area contributed by atoms with Crippen LogP contribution in [0.5, 0.6) is 0 Å². The fourth-order valence-corrected chi connectivity index (χ4v) is 8.68. The van der Waals surface area contributed by atoms with E-state index in [9.17, 15) is 0 Å². The van der Waals surface area contributed by atoms with Gasteiger partial charge in [0.2, 0.25) is 0 Å². The Balaban J connectivity index is 1.11. The first kappa shape index (κ1) is 32.8. The van der Waals surface area contributed by atoms with Crippen LogP contribution in [-0.2, 0) is 0 Å². The number of nitrogens with zero attached hydrogens (tertiary/aromatic N) is 4. The Bertz CT molecular complexity index is 2880. The first-order valence-electron chi connectivity index (χ1n) is 18.6. The van der Waals surface area contributed by atoms with Crippen LogP contribution in [0.2, 0.25) is 0 Å². The summed E-state index contributed by atoms with van der Waals surface area (Å²) in [6, 6.07) is 61.2. The van der Waals surface area contributed by atoms with Gasteiger partial charge in [-0.3, -0.25) is 0 Å². The molecule has 55 heavy (non-hydrogen) atoms. The third kappa shape index (κ3) is 6.45. The number of benzene rings is 6. The summed E-state index contributed by atoms with van der Waals surface area (Å²) >= 11 is 1.83. The van der Waals surface area contributed by atoms with Gasteiger partial charge in [0, 0.05) is 53.2 Å². The molecule has 6 aromatic carbocycles. The summed E-state index contributed by atoms with van der Waals surface area (Å²) in [7, 11) is 0. The van der Waals surface area contributed by atoms with Crippen molar-refractivity contribution in [2.45, 2.75) is 12.8 Å². The highest BCUT2D eigenvalue weighted by Gasteiger charge is 2.19. The normalized spacial score (nSPS) is 12.3. The third-order valence-corrected chi connectivity index (χ3v) is 11.4. The summed E-state index contributed by atoms with van der Waals surface area (Å²) in [6.45, 7) is 0. The standard InChI is InChI=1S/C50H34N4S/c1-5-14-33(15-6-1)34-24-26-37(27-25-34)44-31-43(36-18-9-3-10-19-36)53-50(54-44)41-22-13-23-46-48(41)40-29-28-39(30-47(40)55-46)45-32-42(35-16-7-2-8-17-35)51-49(52-45)38-20-11-4-12-21-38/h1-12,14-21,23-32H,13,22H2. The van der Waals surface area contributed by atoms with Gasteiger partial charge in [0.15, 0.2) is 11.6 Å². The largest absolute Gasteiger partial charge is 0.228 e. The molecule has 0 bridgehead atoms. The van der Waals surface area contributed by atoms with Crippen LogP contribution in [-0.4, -0.2) is 19.9 Å². The molecule has 0 aliphatic heterocycles. The van der Waals surface area contributed by atoms with Gasteiger partial charge < -0.3 is 0 Å². The zero-order valence-electron chi connectivity index (χ0n) is 29.9. The van der Waals surface area contributed by atoms with Crippen molar-refractivity contribution in [3.8, 4) is 67.5 Å². The van der Waals surface area contributed by atoms with Gasteiger partial charge in [-0.1, -0.05) is 164 Å². The molecule has 3 aromatic heterocycles. The van der Waals surface area contributed by atoms with E-state index in [0.29, 0.717) is 5.82 Å². The van der Waals surface area contributed by atoms with Gasteiger partial charge in [0.05, 0.1) is 22.8 Å². The van der Waals surface area contributed by atoms with Crippen LogP contribution in [0.1, 0.15) is 18.7 Å². The number of thiophene rings is 1. The number of fused-ring (bicyclic) bond motifs is 3. The van der Waals surface area contributed by atoms with E-state index in [0.717, 1.165) is 69.3 Å². The molecular weight excluding hydrogens is 689 g/mol. The predicted octanol–water partition coefficient (Wildman–Crippen LogP) is 11.3. The molecule has 0 N–H and O–H groups in total. The van der Waals surface area contributed by atoms with E-state index >= 15 is 0 Å². The molecule has 0 fully saturated rings. The number of hydrogen-bond donors (Lipinski definition) is 0. The van der Waals surface area contributed by atoms with Gasteiger partial charge in [-0.25, -0.2) is 19.9 Å². The summed E-state index contributed by atoms with van der Waals surface area (Å²) in [5, 5.41) is 2.46. The fourth-order valence-electron chi connectivity index (χ4n) is 7.45. The average molecular weight is 723 g/mol. The van der Waals surface area contributed by atoms with Crippen molar-refractivity contribution in [2.24, 2.45) is 0 Å². The van der Waals surface area contributed by atoms with E-state index in [-0.39, 0.29) is 0 Å². The lowest BCUT2D eigenvalue weighted by molar-refractivity contribution is 1.02. The Morgan fingerprint density at radius 1 is 0.382 bits per heavy atom. The second-order valence-electron chi connectivity index (χ2n) is 13.7. The van der Waals surface area contributed by atoms with Gasteiger partial charge in [-0.15, -0.1) is 11.3 Å². The Morgan fingerprint density at radius 3 is 1.40 bits per heavy atom. The van der Waals surface area contributed by atoms with Gasteiger partial charge >= 0.3 is 0 Å². The lowest BCUT2D eigenvalue weighted by Crippen LogP contribution is -2.26. The summed E-state index contributed by atoms with van der Waals surface area (Å²) in [6.07, 6.45) is 4.19. The van der Waals surface area contributed by atoms with E-state index in [2.05, 4.69) is 152 Å². The Labute approximate surface area is 323 Å². The molecule has 10 rings (SSSR count). The highest BCUT2D eigenvalue weighted by molar-refractivity contribution is 7.17. The Hall–Kier alpha value is -6.82. The van der Waals surface area contributed by atoms with Crippen molar-refractivity contribution in [2.75, 3.05) is 0 Å². The molecule has 0 saturated heterocycles.